The Labute approximate surface area is 108 Å². The Hall–Kier alpha value is -1.38. The molecule has 0 aromatic heterocycles. The Morgan fingerprint density at radius 3 is 2.22 bits per heavy atom. The first-order valence-corrected chi connectivity index (χ1v) is 6.25. The van der Waals surface area contributed by atoms with Gasteiger partial charge >= 0.3 is 0 Å². The van der Waals surface area contributed by atoms with E-state index >= 15 is 0 Å². The minimum atomic E-state index is -0.455. The molecule has 3 heteroatoms. The lowest BCUT2D eigenvalue weighted by Gasteiger charge is -2.08. The normalized spacial score (nSPS) is 20.6. The molecule has 2 nitrogen and oxygen atoms in total. The van der Waals surface area contributed by atoms with Crippen molar-refractivity contribution in [3.63, 3.8) is 0 Å². The molecule has 1 aliphatic carbocycles. The molecule has 18 heavy (non-hydrogen) atoms. The highest BCUT2D eigenvalue weighted by atomic mass is 19.1. The van der Waals surface area contributed by atoms with Crippen LogP contribution in [-0.2, 0) is 0 Å². The first-order valence-electron chi connectivity index (χ1n) is 6.25. The number of aryl methyl sites for hydroxylation is 1. The van der Waals surface area contributed by atoms with Gasteiger partial charge in [0.1, 0.15) is 5.82 Å². The fourth-order valence-corrected chi connectivity index (χ4v) is 2.57. The molecule has 0 aliphatic heterocycles. The number of halogens is 1. The number of hydrogen-bond donors (Lipinski definition) is 1. The molecule has 0 atom stereocenters. The van der Waals surface area contributed by atoms with Gasteiger partial charge in [0.2, 0.25) is 0 Å². The number of amides is 1. The highest BCUT2D eigenvalue weighted by Gasteiger charge is 2.65. The Bertz CT molecular complexity index is 491. The number of hydrogen-bond acceptors (Lipinski definition) is 1. The van der Waals surface area contributed by atoms with Crippen molar-refractivity contribution in [2.75, 3.05) is 0 Å². The summed E-state index contributed by atoms with van der Waals surface area (Å²) in [5, 5.41) is 2.93. The van der Waals surface area contributed by atoms with Crippen LogP contribution in [0.5, 0.6) is 0 Å². The topological polar surface area (TPSA) is 29.1 Å². The molecule has 1 saturated carbocycles. The van der Waals surface area contributed by atoms with E-state index < -0.39 is 5.82 Å². The van der Waals surface area contributed by atoms with Gasteiger partial charge in [0.15, 0.2) is 0 Å². The Morgan fingerprint density at radius 1 is 1.22 bits per heavy atom. The molecule has 98 valence electrons. The third-order valence-corrected chi connectivity index (χ3v) is 4.67. The van der Waals surface area contributed by atoms with Crippen molar-refractivity contribution in [3.8, 4) is 0 Å². The Kier molecular flexibility index (Phi) is 2.76. The van der Waals surface area contributed by atoms with Crippen LogP contribution in [0.4, 0.5) is 4.39 Å². The van der Waals surface area contributed by atoms with Crippen molar-refractivity contribution >= 4 is 5.91 Å². The first kappa shape index (κ1) is 13.1. The molecule has 1 aliphatic rings. The van der Waals surface area contributed by atoms with Crippen molar-refractivity contribution < 1.29 is 9.18 Å². The van der Waals surface area contributed by atoms with Gasteiger partial charge in [0, 0.05) is 6.04 Å². The van der Waals surface area contributed by atoms with Gasteiger partial charge in [-0.3, -0.25) is 4.79 Å². The maximum atomic E-state index is 13.7. The molecular weight excluding hydrogens is 229 g/mol. The summed E-state index contributed by atoms with van der Waals surface area (Å²) in [4.78, 5) is 12.1. The second-order valence-electron chi connectivity index (χ2n) is 6.33. The van der Waals surface area contributed by atoms with Gasteiger partial charge in [-0.05, 0) is 35.4 Å². The lowest BCUT2D eigenvalue weighted by molar-refractivity contribution is 0.0939. The van der Waals surface area contributed by atoms with E-state index in [4.69, 9.17) is 0 Å². The van der Waals surface area contributed by atoms with Crippen molar-refractivity contribution in [1.82, 2.24) is 5.32 Å². The van der Waals surface area contributed by atoms with Crippen LogP contribution in [-0.4, -0.2) is 11.9 Å². The summed E-state index contributed by atoms with van der Waals surface area (Å²) in [6, 6.07) is 4.78. The maximum absolute atomic E-state index is 13.7. The monoisotopic (exact) mass is 249 g/mol. The summed E-state index contributed by atoms with van der Waals surface area (Å²) < 4.78 is 13.7. The molecular formula is C15H20FNO. The molecule has 0 saturated heterocycles. The predicted molar refractivity (Wildman–Crippen MR) is 70.0 cm³/mol. The van der Waals surface area contributed by atoms with E-state index in [1.807, 2.05) is 0 Å². The summed E-state index contributed by atoms with van der Waals surface area (Å²) in [7, 11) is 0. The zero-order valence-electron chi connectivity index (χ0n) is 11.6. The van der Waals surface area contributed by atoms with E-state index in [0.717, 1.165) is 5.56 Å². The molecule has 2 rings (SSSR count). The van der Waals surface area contributed by atoms with Gasteiger partial charge in [-0.15, -0.1) is 0 Å². The molecule has 1 fully saturated rings. The highest BCUT2D eigenvalue weighted by molar-refractivity contribution is 5.95. The Balaban J connectivity index is 2.15. The molecule has 1 amide bonds. The van der Waals surface area contributed by atoms with Gasteiger partial charge < -0.3 is 5.32 Å². The fraction of sp³-hybridized carbons (Fsp3) is 0.533. The third-order valence-electron chi connectivity index (χ3n) is 4.67. The standard InChI is InChI=1S/C15H20FNO/c1-9-6-7-10(11(16)8-9)12(18)17-13-14(2,3)15(13,4)5/h6-8,13H,1-5H3,(H,17,18). The zero-order valence-corrected chi connectivity index (χ0v) is 11.6. The van der Waals surface area contributed by atoms with E-state index in [1.165, 1.54) is 6.07 Å². The molecule has 0 heterocycles. The summed E-state index contributed by atoms with van der Waals surface area (Å²) >= 11 is 0. The molecule has 0 spiro atoms. The molecule has 1 N–H and O–H groups in total. The maximum Gasteiger partial charge on any atom is 0.254 e. The van der Waals surface area contributed by atoms with E-state index in [2.05, 4.69) is 33.0 Å². The lowest BCUT2D eigenvalue weighted by Crippen LogP contribution is -2.30. The van der Waals surface area contributed by atoms with E-state index in [0.29, 0.717) is 0 Å². The van der Waals surface area contributed by atoms with Gasteiger partial charge in [-0.2, -0.15) is 0 Å². The number of nitrogens with one attached hydrogen (secondary N) is 1. The highest BCUT2D eigenvalue weighted by Crippen LogP contribution is 2.62. The minimum Gasteiger partial charge on any atom is -0.348 e. The van der Waals surface area contributed by atoms with E-state index in [1.54, 1.807) is 19.1 Å². The third kappa shape index (κ3) is 1.82. The smallest absolute Gasteiger partial charge is 0.254 e. The SMILES string of the molecule is Cc1ccc(C(=O)NC2C(C)(C)C2(C)C)c(F)c1. The van der Waals surface area contributed by atoms with Crippen LogP contribution in [0.1, 0.15) is 43.6 Å². The molecule has 0 unspecified atom stereocenters. The largest absolute Gasteiger partial charge is 0.348 e. The van der Waals surface area contributed by atoms with Crippen LogP contribution >= 0.6 is 0 Å². The van der Waals surface area contributed by atoms with Crippen LogP contribution in [0.3, 0.4) is 0 Å². The quantitative estimate of drug-likeness (QED) is 0.856. The average Bonchev–Trinajstić information content (AvgIpc) is 2.60. The zero-order chi connectivity index (χ0) is 13.7. The molecule has 1 aromatic rings. The van der Waals surface area contributed by atoms with Crippen LogP contribution in [0.15, 0.2) is 18.2 Å². The average molecular weight is 249 g/mol. The van der Waals surface area contributed by atoms with Crippen molar-refractivity contribution in [2.45, 2.75) is 40.7 Å². The van der Waals surface area contributed by atoms with Crippen molar-refractivity contribution in [2.24, 2.45) is 10.8 Å². The number of carbonyl (C=O) groups is 1. The van der Waals surface area contributed by atoms with Gasteiger partial charge in [0.25, 0.3) is 5.91 Å². The predicted octanol–water partition coefficient (Wildman–Crippen LogP) is 3.30. The van der Waals surface area contributed by atoms with Crippen molar-refractivity contribution in [3.05, 3.63) is 35.1 Å². The minimum absolute atomic E-state index is 0.0594. The second kappa shape index (κ2) is 3.81. The van der Waals surface area contributed by atoms with Crippen LogP contribution in [0, 0.1) is 23.6 Å². The molecule has 1 aromatic carbocycles. The fourth-order valence-electron chi connectivity index (χ4n) is 2.57. The second-order valence-corrected chi connectivity index (χ2v) is 6.33. The van der Waals surface area contributed by atoms with Crippen LogP contribution < -0.4 is 5.32 Å². The summed E-state index contributed by atoms with van der Waals surface area (Å²) in [6.45, 7) is 10.3. The Morgan fingerprint density at radius 2 is 1.78 bits per heavy atom. The van der Waals surface area contributed by atoms with Crippen molar-refractivity contribution in [1.29, 1.82) is 0 Å². The molecule has 0 bridgehead atoms. The summed E-state index contributed by atoms with van der Waals surface area (Å²) in [6.07, 6.45) is 0. The van der Waals surface area contributed by atoms with Gasteiger partial charge in [-0.1, -0.05) is 33.8 Å². The van der Waals surface area contributed by atoms with E-state index in [9.17, 15) is 9.18 Å². The van der Waals surface area contributed by atoms with Gasteiger partial charge in [-0.25, -0.2) is 4.39 Å². The number of benzene rings is 1. The number of carbonyl (C=O) groups excluding carboxylic acids is 1. The van der Waals surface area contributed by atoms with E-state index in [-0.39, 0.29) is 28.3 Å². The molecule has 0 radical (unpaired) electrons. The van der Waals surface area contributed by atoms with Crippen LogP contribution in [0.2, 0.25) is 0 Å². The van der Waals surface area contributed by atoms with Crippen LogP contribution in [0.25, 0.3) is 0 Å². The lowest BCUT2D eigenvalue weighted by atomic mass is 10.0. The number of rotatable bonds is 2. The summed E-state index contributed by atoms with van der Waals surface area (Å²) in [5.41, 5.74) is 1.06. The first-order chi connectivity index (χ1) is 8.18. The van der Waals surface area contributed by atoms with Gasteiger partial charge in [0.05, 0.1) is 5.56 Å². The summed E-state index contributed by atoms with van der Waals surface area (Å²) in [5.74, 6) is -0.778.